The zero-order valence-electron chi connectivity index (χ0n) is 15.1. The first-order chi connectivity index (χ1) is 13.2. The largest absolute Gasteiger partial charge is 0.349 e. The average Bonchev–Trinajstić information content (AvgIpc) is 3.37. The van der Waals surface area contributed by atoms with E-state index >= 15 is 0 Å². The van der Waals surface area contributed by atoms with Crippen LogP contribution in [-0.4, -0.2) is 40.3 Å². The monoisotopic (exact) mass is 421 g/mol. The highest BCUT2D eigenvalue weighted by molar-refractivity contribution is 7.13. The third-order valence-corrected chi connectivity index (χ3v) is 5.44. The maximum absolute atomic E-state index is 13.3. The number of nitrogens with one attached hydrogen (secondary N) is 2. The number of nitrogens with zero attached hydrogens (tertiary/aromatic N) is 3. The molecular weight excluding hydrogens is 401 g/mol. The van der Waals surface area contributed by atoms with E-state index in [9.17, 15) is 9.18 Å². The van der Waals surface area contributed by atoms with Crippen molar-refractivity contribution in [2.24, 2.45) is 5.92 Å². The van der Waals surface area contributed by atoms with Crippen LogP contribution >= 0.6 is 23.7 Å². The fraction of sp³-hybridized carbons (Fsp3) is 0.316. The van der Waals surface area contributed by atoms with E-state index in [1.54, 1.807) is 16.8 Å². The Balaban J connectivity index is 0.00000225. The highest BCUT2D eigenvalue weighted by atomic mass is 35.5. The van der Waals surface area contributed by atoms with E-state index in [4.69, 9.17) is 0 Å². The molecule has 0 radical (unpaired) electrons. The summed E-state index contributed by atoms with van der Waals surface area (Å²) in [5.74, 6) is 0.501. The molecule has 1 atom stereocenters. The maximum atomic E-state index is 13.3. The van der Waals surface area contributed by atoms with E-state index in [-0.39, 0.29) is 30.0 Å². The molecule has 6 nitrogen and oxygen atoms in total. The van der Waals surface area contributed by atoms with E-state index < -0.39 is 0 Å². The Hall–Kier alpha value is -2.29. The molecule has 0 aliphatic carbocycles. The van der Waals surface area contributed by atoms with Crippen molar-refractivity contribution in [1.82, 2.24) is 25.4 Å². The first-order valence-corrected chi connectivity index (χ1v) is 9.84. The lowest BCUT2D eigenvalue weighted by molar-refractivity contribution is 0.0934. The van der Waals surface area contributed by atoms with Crippen LogP contribution in [-0.2, 0) is 0 Å². The van der Waals surface area contributed by atoms with Crippen molar-refractivity contribution in [2.45, 2.75) is 12.8 Å². The zero-order valence-corrected chi connectivity index (χ0v) is 16.7. The van der Waals surface area contributed by atoms with E-state index in [2.05, 4.69) is 20.7 Å². The number of carbonyl (C=O) groups is 1. The molecule has 0 saturated carbocycles. The van der Waals surface area contributed by atoms with E-state index in [1.165, 1.54) is 23.5 Å². The van der Waals surface area contributed by atoms with Gasteiger partial charge in [-0.25, -0.2) is 14.1 Å². The number of piperidine rings is 1. The molecule has 148 valence electrons. The minimum atomic E-state index is -0.324. The normalized spacial score (nSPS) is 16.4. The molecule has 1 unspecified atom stereocenters. The Morgan fingerprint density at radius 1 is 1.32 bits per heavy atom. The van der Waals surface area contributed by atoms with E-state index in [0.29, 0.717) is 24.0 Å². The first-order valence-electron chi connectivity index (χ1n) is 8.96. The van der Waals surface area contributed by atoms with Crippen LogP contribution in [0.3, 0.4) is 0 Å². The molecule has 2 N–H and O–H groups in total. The molecular formula is C19H21ClFN5OS. The number of amides is 1. The molecule has 0 spiro atoms. The summed E-state index contributed by atoms with van der Waals surface area (Å²) >= 11 is 1.51. The summed E-state index contributed by atoms with van der Waals surface area (Å²) in [6, 6.07) is 9.81. The van der Waals surface area contributed by atoms with Gasteiger partial charge in [-0.2, -0.15) is 0 Å². The molecule has 3 aromatic rings. The van der Waals surface area contributed by atoms with E-state index in [1.807, 2.05) is 17.5 Å². The lowest BCUT2D eigenvalue weighted by atomic mass is 10.00. The van der Waals surface area contributed by atoms with Gasteiger partial charge < -0.3 is 10.6 Å². The summed E-state index contributed by atoms with van der Waals surface area (Å²) in [6.45, 7) is 2.56. The highest BCUT2D eigenvalue weighted by Crippen LogP contribution is 2.25. The third-order valence-electron chi connectivity index (χ3n) is 4.57. The van der Waals surface area contributed by atoms with Gasteiger partial charge in [0.2, 0.25) is 5.82 Å². The minimum Gasteiger partial charge on any atom is -0.349 e. The van der Waals surface area contributed by atoms with Crippen LogP contribution < -0.4 is 10.6 Å². The van der Waals surface area contributed by atoms with Crippen LogP contribution in [0.15, 0.2) is 41.8 Å². The Kier molecular flexibility index (Phi) is 6.77. The van der Waals surface area contributed by atoms with Gasteiger partial charge in [0.15, 0.2) is 5.82 Å². The average molecular weight is 422 g/mol. The van der Waals surface area contributed by atoms with Crippen molar-refractivity contribution >= 4 is 29.7 Å². The molecule has 4 rings (SSSR count). The van der Waals surface area contributed by atoms with Crippen molar-refractivity contribution in [2.75, 3.05) is 19.6 Å². The Labute approximate surface area is 172 Å². The van der Waals surface area contributed by atoms with Gasteiger partial charge in [0.1, 0.15) is 5.82 Å². The van der Waals surface area contributed by atoms with Gasteiger partial charge in [0.25, 0.3) is 5.91 Å². The van der Waals surface area contributed by atoms with Crippen molar-refractivity contribution < 1.29 is 9.18 Å². The van der Waals surface area contributed by atoms with Gasteiger partial charge in [-0.3, -0.25) is 4.79 Å². The Bertz CT molecular complexity index is 907. The standard InChI is InChI=1S/C19H20FN5OS.ClH/c20-14-5-7-15(8-6-14)25-18(16-4-2-10-27-16)23-17(24-25)19(26)22-12-13-3-1-9-21-11-13;/h2,4-8,10,13,21H,1,3,9,11-12H2,(H,22,26);1H. The summed E-state index contributed by atoms with van der Waals surface area (Å²) < 4.78 is 14.9. The lowest BCUT2D eigenvalue weighted by Crippen LogP contribution is -2.38. The van der Waals surface area contributed by atoms with Crippen LogP contribution in [0, 0.1) is 11.7 Å². The van der Waals surface area contributed by atoms with Crippen molar-refractivity contribution in [3.05, 3.63) is 53.4 Å². The predicted octanol–water partition coefficient (Wildman–Crippen LogP) is 3.29. The molecule has 1 aliphatic rings. The number of carbonyl (C=O) groups excluding carboxylic acids is 1. The molecule has 9 heteroatoms. The second-order valence-electron chi connectivity index (χ2n) is 6.55. The predicted molar refractivity (Wildman–Crippen MR) is 110 cm³/mol. The Morgan fingerprint density at radius 3 is 2.82 bits per heavy atom. The first kappa shape index (κ1) is 20.4. The van der Waals surface area contributed by atoms with Crippen LogP contribution in [0.4, 0.5) is 4.39 Å². The molecule has 1 aromatic carbocycles. The fourth-order valence-corrected chi connectivity index (χ4v) is 3.85. The summed E-state index contributed by atoms with van der Waals surface area (Å²) in [7, 11) is 0. The number of aromatic nitrogens is 3. The topological polar surface area (TPSA) is 71.8 Å². The van der Waals surface area contributed by atoms with E-state index in [0.717, 1.165) is 30.8 Å². The number of hydrogen-bond donors (Lipinski definition) is 2. The van der Waals surface area contributed by atoms with Crippen molar-refractivity contribution in [3.8, 4) is 16.4 Å². The SMILES string of the molecule is Cl.O=C(NCC1CCCNC1)c1nc(-c2cccs2)n(-c2ccc(F)cc2)n1. The highest BCUT2D eigenvalue weighted by Gasteiger charge is 2.21. The Morgan fingerprint density at radius 2 is 2.14 bits per heavy atom. The smallest absolute Gasteiger partial charge is 0.291 e. The van der Waals surface area contributed by atoms with Gasteiger partial charge >= 0.3 is 0 Å². The lowest BCUT2D eigenvalue weighted by Gasteiger charge is -2.22. The molecule has 28 heavy (non-hydrogen) atoms. The molecule has 2 aromatic heterocycles. The summed E-state index contributed by atoms with van der Waals surface area (Å²) in [6.07, 6.45) is 2.23. The van der Waals surface area contributed by atoms with Gasteiger partial charge in [-0.1, -0.05) is 6.07 Å². The quantitative estimate of drug-likeness (QED) is 0.663. The molecule has 1 saturated heterocycles. The number of hydrogen-bond acceptors (Lipinski definition) is 5. The van der Waals surface area contributed by atoms with Crippen LogP contribution in [0.1, 0.15) is 23.5 Å². The summed E-state index contributed by atoms with van der Waals surface area (Å²) in [5.41, 5.74) is 0.655. The van der Waals surface area contributed by atoms with Crippen LogP contribution in [0.5, 0.6) is 0 Å². The molecule has 1 aliphatic heterocycles. The van der Waals surface area contributed by atoms with Gasteiger partial charge in [-0.15, -0.1) is 28.8 Å². The number of rotatable bonds is 5. The summed E-state index contributed by atoms with van der Waals surface area (Å²) in [5, 5.41) is 12.6. The minimum absolute atomic E-state index is 0. The summed E-state index contributed by atoms with van der Waals surface area (Å²) in [4.78, 5) is 17.9. The molecule has 0 bridgehead atoms. The number of thiophene rings is 1. The van der Waals surface area contributed by atoms with Crippen molar-refractivity contribution in [3.63, 3.8) is 0 Å². The second-order valence-corrected chi connectivity index (χ2v) is 7.49. The third kappa shape index (κ3) is 4.57. The number of halogens is 2. The maximum Gasteiger partial charge on any atom is 0.291 e. The molecule has 1 amide bonds. The zero-order chi connectivity index (χ0) is 18.6. The fourth-order valence-electron chi connectivity index (χ4n) is 3.15. The van der Waals surface area contributed by atoms with Crippen LogP contribution in [0.25, 0.3) is 16.4 Å². The van der Waals surface area contributed by atoms with Gasteiger partial charge in [0, 0.05) is 6.54 Å². The number of benzene rings is 1. The van der Waals surface area contributed by atoms with Gasteiger partial charge in [-0.05, 0) is 67.6 Å². The molecule has 1 fully saturated rings. The second kappa shape index (κ2) is 9.27. The van der Waals surface area contributed by atoms with Crippen LogP contribution in [0.2, 0.25) is 0 Å². The van der Waals surface area contributed by atoms with Crippen molar-refractivity contribution in [1.29, 1.82) is 0 Å². The molecule has 3 heterocycles. The van der Waals surface area contributed by atoms with Gasteiger partial charge in [0.05, 0.1) is 10.6 Å².